The highest BCUT2D eigenvalue weighted by Crippen LogP contribution is 2.23. The maximum absolute atomic E-state index is 5.86. The van der Waals surface area contributed by atoms with Crippen LogP contribution in [0.3, 0.4) is 0 Å². The highest BCUT2D eigenvalue weighted by atomic mass is 14.6. The first-order valence-corrected chi connectivity index (χ1v) is 4.07. The average Bonchev–Trinajstić information content (AvgIpc) is 2.29. The van der Waals surface area contributed by atoms with E-state index in [1.54, 1.807) is 0 Å². The zero-order chi connectivity index (χ0) is 8.39. The monoisotopic (exact) mass is 157 g/mol. The lowest BCUT2D eigenvalue weighted by Gasteiger charge is -2.13. The van der Waals surface area contributed by atoms with Crippen LogP contribution in [0.4, 0.5) is 0 Å². The molecule has 0 bridgehead atoms. The van der Waals surface area contributed by atoms with Crippen molar-refractivity contribution in [2.75, 3.05) is 0 Å². The molecule has 0 aliphatic heterocycles. The Hall–Kier alpha value is -1.50. The number of rotatable bonds is 0. The van der Waals surface area contributed by atoms with Crippen molar-refractivity contribution >= 4 is 0 Å². The molecule has 0 spiro atoms. The first kappa shape index (κ1) is 7.17. The van der Waals surface area contributed by atoms with E-state index in [9.17, 15) is 0 Å². The van der Waals surface area contributed by atoms with Crippen molar-refractivity contribution in [2.45, 2.75) is 0 Å². The third-order valence-electron chi connectivity index (χ3n) is 2.10. The third-order valence-corrected chi connectivity index (χ3v) is 2.10. The fraction of sp³-hybridized carbons (Fsp3) is 0.0909. The van der Waals surface area contributed by atoms with E-state index < -0.39 is 0 Å². The Morgan fingerprint density at radius 1 is 0.917 bits per heavy atom. The van der Waals surface area contributed by atoms with Gasteiger partial charge in [-0.1, -0.05) is 42.5 Å². The van der Waals surface area contributed by atoms with Gasteiger partial charge in [-0.25, -0.2) is 0 Å². The molecule has 1 heteroatoms. The quantitative estimate of drug-likeness (QED) is 0.572. The summed E-state index contributed by atoms with van der Waals surface area (Å²) in [5.74, 6) is 0.366. The van der Waals surface area contributed by atoms with Gasteiger partial charge in [0.25, 0.3) is 0 Å². The van der Waals surface area contributed by atoms with Crippen molar-refractivity contribution in [1.82, 2.24) is 0 Å². The molecule has 1 nitrogen and oxygen atoms in total. The van der Waals surface area contributed by atoms with Crippen LogP contribution in [0.25, 0.3) is 0 Å². The number of hydrogen-bond acceptors (Lipinski definition) is 1. The third kappa shape index (κ3) is 1.14. The molecule has 0 radical (unpaired) electrons. The molecule has 2 aliphatic rings. The summed E-state index contributed by atoms with van der Waals surface area (Å²) in [5.41, 5.74) is 7.92. The van der Waals surface area contributed by atoms with Crippen LogP contribution < -0.4 is 5.73 Å². The molecular formula is C11H11N. The van der Waals surface area contributed by atoms with E-state index in [0.717, 1.165) is 5.70 Å². The summed E-state index contributed by atoms with van der Waals surface area (Å²) in [6.45, 7) is 0. The molecule has 1 unspecified atom stereocenters. The minimum Gasteiger partial charge on any atom is -0.398 e. The van der Waals surface area contributed by atoms with Crippen LogP contribution in [-0.4, -0.2) is 0 Å². The Morgan fingerprint density at radius 2 is 1.58 bits per heavy atom. The standard InChI is InChI=1S/C11H11N/c12-11-8-4-2-6-9-5-1-3-7-10(9)11/h1-9H,12H2. The Labute approximate surface area is 72.3 Å². The number of hydrogen-bond donors (Lipinski definition) is 1. The molecule has 12 heavy (non-hydrogen) atoms. The van der Waals surface area contributed by atoms with Crippen LogP contribution >= 0.6 is 0 Å². The van der Waals surface area contributed by atoms with Gasteiger partial charge in [0.2, 0.25) is 0 Å². The second-order valence-electron chi connectivity index (χ2n) is 2.92. The molecule has 2 N–H and O–H groups in total. The van der Waals surface area contributed by atoms with Gasteiger partial charge in [-0.2, -0.15) is 0 Å². The maximum atomic E-state index is 5.86. The summed E-state index contributed by atoms with van der Waals surface area (Å²) >= 11 is 0. The molecule has 60 valence electrons. The van der Waals surface area contributed by atoms with Crippen LogP contribution in [0.2, 0.25) is 0 Å². The van der Waals surface area contributed by atoms with Crippen molar-refractivity contribution in [1.29, 1.82) is 0 Å². The zero-order valence-electron chi connectivity index (χ0n) is 6.77. The van der Waals surface area contributed by atoms with E-state index in [0.29, 0.717) is 5.92 Å². The Bertz CT molecular complexity index is 327. The minimum absolute atomic E-state index is 0.366. The molecule has 2 aliphatic carbocycles. The van der Waals surface area contributed by atoms with Gasteiger partial charge < -0.3 is 5.73 Å². The SMILES string of the molecule is NC1=C2C=CC=CC2C=CC=C1. The van der Waals surface area contributed by atoms with Crippen molar-refractivity contribution in [3.8, 4) is 0 Å². The molecular weight excluding hydrogens is 146 g/mol. The highest BCUT2D eigenvalue weighted by Gasteiger charge is 2.11. The van der Waals surface area contributed by atoms with Gasteiger partial charge in [0.05, 0.1) is 0 Å². The predicted molar refractivity (Wildman–Crippen MR) is 51.3 cm³/mol. The lowest BCUT2D eigenvalue weighted by atomic mass is 9.93. The second-order valence-corrected chi connectivity index (χ2v) is 2.92. The highest BCUT2D eigenvalue weighted by molar-refractivity contribution is 5.44. The first-order chi connectivity index (χ1) is 5.88. The van der Waals surface area contributed by atoms with Crippen LogP contribution in [0.1, 0.15) is 0 Å². The molecule has 0 fully saturated rings. The number of nitrogens with two attached hydrogens (primary N) is 1. The lowest BCUT2D eigenvalue weighted by molar-refractivity contribution is 0.976. The molecule has 0 aromatic rings. The number of allylic oxidation sites excluding steroid dienone is 9. The summed E-state index contributed by atoms with van der Waals surface area (Å²) in [6, 6.07) is 0. The lowest BCUT2D eigenvalue weighted by Crippen LogP contribution is -2.05. The van der Waals surface area contributed by atoms with Gasteiger partial charge in [0, 0.05) is 11.6 Å². The van der Waals surface area contributed by atoms with Crippen molar-refractivity contribution in [3.05, 3.63) is 59.9 Å². The molecule has 1 atom stereocenters. The molecule has 0 saturated heterocycles. The first-order valence-electron chi connectivity index (χ1n) is 4.07. The molecule has 0 aromatic carbocycles. The Balaban J connectivity index is 2.48. The van der Waals surface area contributed by atoms with E-state index in [2.05, 4.69) is 24.3 Å². The van der Waals surface area contributed by atoms with Gasteiger partial charge in [-0.3, -0.25) is 0 Å². The van der Waals surface area contributed by atoms with E-state index in [-0.39, 0.29) is 0 Å². The van der Waals surface area contributed by atoms with E-state index >= 15 is 0 Å². The van der Waals surface area contributed by atoms with Gasteiger partial charge in [-0.05, 0) is 11.6 Å². The molecule has 0 aromatic heterocycles. The molecule has 2 rings (SSSR count). The predicted octanol–water partition coefficient (Wildman–Crippen LogP) is 2.07. The van der Waals surface area contributed by atoms with Gasteiger partial charge >= 0.3 is 0 Å². The van der Waals surface area contributed by atoms with Crippen LogP contribution in [0.15, 0.2) is 59.9 Å². The average molecular weight is 157 g/mol. The molecule has 0 saturated carbocycles. The Kier molecular flexibility index (Phi) is 1.71. The van der Waals surface area contributed by atoms with Gasteiger partial charge in [0.1, 0.15) is 0 Å². The van der Waals surface area contributed by atoms with Crippen molar-refractivity contribution < 1.29 is 0 Å². The molecule has 0 heterocycles. The van der Waals surface area contributed by atoms with E-state index in [1.807, 2.05) is 24.3 Å². The van der Waals surface area contributed by atoms with Crippen LogP contribution in [0, 0.1) is 5.92 Å². The minimum atomic E-state index is 0.366. The fourth-order valence-corrected chi connectivity index (χ4v) is 1.45. The maximum Gasteiger partial charge on any atom is 0.0355 e. The summed E-state index contributed by atoms with van der Waals surface area (Å²) in [5, 5.41) is 0. The largest absolute Gasteiger partial charge is 0.398 e. The van der Waals surface area contributed by atoms with Crippen LogP contribution in [-0.2, 0) is 0 Å². The molecule has 0 amide bonds. The smallest absolute Gasteiger partial charge is 0.0355 e. The normalized spacial score (nSPS) is 25.8. The van der Waals surface area contributed by atoms with E-state index in [1.165, 1.54) is 5.57 Å². The fourth-order valence-electron chi connectivity index (χ4n) is 1.45. The van der Waals surface area contributed by atoms with Crippen LogP contribution in [0.5, 0.6) is 0 Å². The number of fused-ring (bicyclic) bond motifs is 1. The van der Waals surface area contributed by atoms with Gasteiger partial charge in [-0.15, -0.1) is 0 Å². The van der Waals surface area contributed by atoms with Crippen molar-refractivity contribution in [3.63, 3.8) is 0 Å². The summed E-state index contributed by atoms with van der Waals surface area (Å²) in [4.78, 5) is 0. The van der Waals surface area contributed by atoms with Gasteiger partial charge in [0.15, 0.2) is 0 Å². The summed E-state index contributed by atoms with van der Waals surface area (Å²) < 4.78 is 0. The van der Waals surface area contributed by atoms with E-state index in [4.69, 9.17) is 5.73 Å². The topological polar surface area (TPSA) is 26.0 Å². The second kappa shape index (κ2) is 2.86. The Morgan fingerprint density at radius 3 is 2.33 bits per heavy atom. The summed E-state index contributed by atoms with van der Waals surface area (Å²) in [6.07, 6.45) is 16.4. The zero-order valence-corrected chi connectivity index (χ0v) is 6.77. The van der Waals surface area contributed by atoms with Crippen molar-refractivity contribution in [2.24, 2.45) is 11.7 Å². The summed E-state index contributed by atoms with van der Waals surface area (Å²) in [7, 11) is 0.